The highest BCUT2D eigenvalue weighted by Crippen LogP contribution is 2.43. The average molecular weight is 319 g/mol. The first-order valence-electron chi connectivity index (χ1n) is 8.24. The van der Waals surface area contributed by atoms with Crippen molar-refractivity contribution in [1.82, 2.24) is 0 Å². The summed E-state index contributed by atoms with van der Waals surface area (Å²) in [4.78, 5) is 27.9. The summed E-state index contributed by atoms with van der Waals surface area (Å²) in [5.74, 6) is -0.0136. The molecule has 1 aromatic rings. The molecule has 0 N–H and O–H groups in total. The van der Waals surface area contributed by atoms with Crippen molar-refractivity contribution in [2.24, 2.45) is 0 Å². The van der Waals surface area contributed by atoms with Crippen LogP contribution in [-0.2, 0) is 9.53 Å². The third-order valence-electron chi connectivity index (χ3n) is 4.25. The summed E-state index contributed by atoms with van der Waals surface area (Å²) in [6.07, 6.45) is 2.00. The number of fused-ring (bicyclic) bond motifs is 1. The van der Waals surface area contributed by atoms with Crippen LogP contribution in [0.3, 0.4) is 0 Å². The predicted octanol–water partition coefficient (Wildman–Crippen LogP) is 3.21. The van der Waals surface area contributed by atoms with Gasteiger partial charge in [0.25, 0.3) is 0 Å². The van der Waals surface area contributed by atoms with Crippen LogP contribution < -0.4 is 9.64 Å². The van der Waals surface area contributed by atoms with E-state index in [-0.39, 0.29) is 12.4 Å². The molecule has 1 aliphatic rings. The van der Waals surface area contributed by atoms with Crippen LogP contribution in [0.15, 0.2) is 18.2 Å². The third-order valence-corrected chi connectivity index (χ3v) is 4.25. The number of ketones is 1. The zero-order valence-corrected chi connectivity index (χ0v) is 14.3. The van der Waals surface area contributed by atoms with Gasteiger partial charge in [-0.25, -0.2) is 4.79 Å². The molecule has 1 atom stereocenters. The molecule has 5 heteroatoms. The number of rotatable bonds is 7. The summed E-state index contributed by atoms with van der Waals surface area (Å²) in [5, 5.41) is 0. The molecule has 0 saturated carbocycles. The van der Waals surface area contributed by atoms with Gasteiger partial charge in [-0.15, -0.1) is 0 Å². The van der Waals surface area contributed by atoms with E-state index >= 15 is 0 Å². The van der Waals surface area contributed by atoms with E-state index in [0.29, 0.717) is 24.3 Å². The molecule has 1 aliphatic heterocycles. The zero-order chi connectivity index (χ0) is 17.0. The zero-order valence-electron chi connectivity index (χ0n) is 14.3. The summed E-state index contributed by atoms with van der Waals surface area (Å²) in [6.45, 7) is 6.66. The topological polar surface area (TPSA) is 55.8 Å². The highest BCUT2D eigenvalue weighted by Gasteiger charge is 2.57. The molecule has 1 aromatic carbocycles. The SMILES string of the molecule is CCCN1c2ccc(OC)cc2C(=O)C1(CCC)C(=O)OCC. The molecule has 0 aromatic heterocycles. The van der Waals surface area contributed by atoms with Crippen LogP contribution in [0.4, 0.5) is 5.69 Å². The van der Waals surface area contributed by atoms with Gasteiger partial charge in [0, 0.05) is 17.8 Å². The minimum absolute atomic E-state index is 0.180. The number of esters is 1. The molecular formula is C18H25NO4. The molecule has 0 amide bonds. The second kappa shape index (κ2) is 7.02. The van der Waals surface area contributed by atoms with Gasteiger partial charge in [0.05, 0.1) is 13.7 Å². The molecule has 5 nitrogen and oxygen atoms in total. The predicted molar refractivity (Wildman–Crippen MR) is 89.2 cm³/mol. The summed E-state index contributed by atoms with van der Waals surface area (Å²) in [5.41, 5.74) is 0.0913. The fourth-order valence-corrected chi connectivity index (χ4v) is 3.31. The lowest BCUT2D eigenvalue weighted by atomic mass is 9.87. The van der Waals surface area contributed by atoms with Crippen LogP contribution in [0.2, 0.25) is 0 Å². The van der Waals surface area contributed by atoms with Crippen molar-refractivity contribution in [3.8, 4) is 5.75 Å². The Morgan fingerprint density at radius 3 is 2.52 bits per heavy atom. The van der Waals surface area contributed by atoms with E-state index in [1.54, 1.807) is 20.1 Å². The number of hydrogen-bond acceptors (Lipinski definition) is 5. The lowest BCUT2D eigenvalue weighted by Crippen LogP contribution is -2.57. The van der Waals surface area contributed by atoms with Crippen LogP contribution in [-0.4, -0.2) is 37.6 Å². The molecule has 0 bridgehead atoms. The van der Waals surface area contributed by atoms with Gasteiger partial charge in [0.1, 0.15) is 5.75 Å². The number of carbonyl (C=O) groups excluding carboxylic acids is 2. The minimum atomic E-state index is -1.24. The van der Waals surface area contributed by atoms with Crippen molar-refractivity contribution in [3.05, 3.63) is 23.8 Å². The second-order valence-electron chi connectivity index (χ2n) is 5.69. The Balaban J connectivity index is 2.60. The highest BCUT2D eigenvalue weighted by molar-refractivity contribution is 6.25. The van der Waals surface area contributed by atoms with Gasteiger partial charge >= 0.3 is 5.97 Å². The number of benzene rings is 1. The fraction of sp³-hybridized carbons (Fsp3) is 0.556. The Morgan fingerprint density at radius 1 is 1.22 bits per heavy atom. The summed E-state index contributed by atoms with van der Waals surface area (Å²) < 4.78 is 10.5. The summed E-state index contributed by atoms with van der Waals surface area (Å²) in [6, 6.07) is 5.40. The molecule has 0 spiro atoms. The standard InChI is InChI=1S/C18H25NO4/c1-5-10-18(17(21)23-7-3)16(20)14-12-13(22-4)8-9-15(14)19(18)11-6-2/h8-9,12H,5-7,10-11H2,1-4H3. The average Bonchev–Trinajstić information content (AvgIpc) is 2.78. The van der Waals surface area contributed by atoms with Crippen LogP contribution in [0.1, 0.15) is 50.4 Å². The number of nitrogens with zero attached hydrogens (tertiary/aromatic N) is 1. The maximum absolute atomic E-state index is 13.2. The Kier molecular flexibility index (Phi) is 5.29. The second-order valence-corrected chi connectivity index (χ2v) is 5.69. The van der Waals surface area contributed by atoms with Gasteiger partial charge < -0.3 is 14.4 Å². The summed E-state index contributed by atoms with van der Waals surface area (Å²) >= 11 is 0. The maximum Gasteiger partial charge on any atom is 0.340 e. The van der Waals surface area contributed by atoms with Gasteiger partial charge in [-0.05, 0) is 38.0 Å². The van der Waals surface area contributed by atoms with Crippen molar-refractivity contribution < 1.29 is 19.1 Å². The van der Waals surface area contributed by atoms with E-state index < -0.39 is 11.5 Å². The van der Waals surface area contributed by atoms with Crippen LogP contribution >= 0.6 is 0 Å². The van der Waals surface area contributed by atoms with Gasteiger partial charge in [0.15, 0.2) is 0 Å². The molecular weight excluding hydrogens is 294 g/mol. The van der Waals surface area contributed by atoms with Crippen molar-refractivity contribution in [1.29, 1.82) is 0 Å². The first-order valence-corrected chi connectivity index (χ1v) is 8.24. The molecule has 0 fully saturated rings. The largest absolute Gasteiger partial charge is 0.497 e. The first kappa shape index (κ1) is 17.3. The molecule has 0 aliphatic carbocycles. The first-order chi connectivity index (χ1) is 11.1. The minimum Gasteiger partial charge on any atom is -0.497 e. The third kappa shape index (κ3) is 2.69. The quantitative estimate of drug-likeness (QED) is 0.570. The Morgan fingerprint density at radius 2 is 1.96 bits per heavy atom. The van der Waals surface area contributed by atoms with E-state index in [1.807, 2.05) is 30.9 Å². The number of methoxy groups -OCH3 is 1. The van der Waals surface area contributed by atoms with Gasteiger partial charge in [0.2, 0.25) is 11.3 Å². The lowest BCUT2D eigenvalue weighted by molar-refractivity contribution is -0.147. The molecule has 0 radical (unpaired) electrons. The molecule has 23 heavy (non-hydrogen) atoms. The normalized spacial score (nSPS) is 19.7. The molecule has 126 valence electrons. The van der Waals surface area contributed by atoms with Crippen molar-refractivity contribution in [3.63, 3.8) is 0 Å². The van der Waals surface area contributed by atoms with Gasteiger partial charge in [-0.1, -0.05) is 20.3 Å². The van der Waals surface area contributed by atoms with E-state index in [4.69, 9.17) is 9.47 Å². The van der Waals surface area contributed by atoms with Crippen LogP contribution in [0, 0.1) is 0 Å². The van der Waals surface area contributed by atoms with Crippen molar-refractivity contribution >= 4 is 17.4 Å². The monoisotopic (exact) mass is 319 g/mol. The molecule has 0 saturated heterocycles. The fourth-order valence-electron chi connectivity index (χ4n) is 3.31. The lowest BCUT2D eigenvalue weighted by Gasteiger charge is -2.36. The smallest absolute Gasteiger partial charge is 0.340 e. The number of hydrogen-bond donors (Lipinski definition) is 0. The van der Waals surface area contributed by atoms with Crippen molar-refractivity contribution in [2.45, 2.75) is 45.6 Å². The van der Waals surface area contributed by atoms with Crippen LogP contribution in [0.25, 0.3) is 0 Å². The summed E-state index contributed by atoms with van der Waals surface area (Å²) in [7, 11) is 1.57. The Hall–Kier alpha value is -2.04. The Bertz CT molecular complexity index is 599. The van der Waals surface area contributed by atoms with E-state index in [1.165, 1.54) is 0 Å². The van der Waals surface area contributed by atoms with Gasteiger partial charge in [-0.2, -0.15) is 0 Å². The molecule has 1 heterocycles. The Labute approximate surface area is 137 Å². The maximum atomic E-state index is 13.2. The number of Topliss-reactive ketones (excluding diaryl/α,β-unsaturated/α-hetero) is 1. The van der Waals surface area contributed by atoms with E-state index in [0.717, 1.165) is 18.5 Å². The van der Waals surface area contributed by atoms with Crippen LogP contribution in [0.5, 0.6) is 5.75 Å². The number of ether oxygens (including phenoxy) is 2. The molecule has 2 rings (SSSR count). The van der Waals surface area contributed by atoms with Crippen molar-refractivity contribution in [2.75, 3.05) is 25.2 Å². The number of carbonyl (C=O) groups is 2. The van der Waals surface area contributed by atoms with Gasteiger partial charge in [-0.3, -0.25) is 4.79 Å². The van der Waals surface area contributed by atoms with E-state index in [2.05, 4.69) is 0 Å². The molecule has 1 unspecified atom stereocenters. The van der Waals surface area contributed by atoms with E-state index in [9.17, 15) is 9.59 Å². The highest BCUT2D eigenvalue weighted by atomic mass is 16.5. The number of anilines is 1.